The van der Waals surface area contributed by atoms with Crippen LogP contribution in [0, 0.1) is 0 Å². The number of carbonyl (C=O) groups excluding carboxylic acids is 3. The van der Waals surface area contributed by atoms with Gasteiger partial charge in [0.05, 0.1) is 18.4 Å². The van der Waals surface area contributed by atoms with Crippen molar-refractivity contribution < 1.29 is 27.5 Å². The maximum Gasteiger partial charge on any atom is 0.325 e. The maximum atomic E-state index is 12.3. The minimum Gasteiger partial charge on any atom is -0.468 e. The van der Waals surface area contributed by atoms with Crippen molar-refractivity contribution in [3.8, 4) is 0 Å². The highest BCUT2D eigenvalue weighted by molar-refractivity contribution is 7.89. The van der Waals surface area contributed by atoms with Crippen molar-refractivity contribution in [2.45, 2.75) is 43.0 Å². The van der Waals surface area contributed by atoms with Gasteiger partial charge in [0.1, 0.15) is 6.54 Å². The molecule has 1 fully saturated rings. The first-order chi connectivity index (χ1) is 15.7. The van der Waals surface area contributed by atoms with Gasteiger partial charge in [-0.05, 0) is 54.7 Å². The van der Waals surface area contributed by atoms with Gasteiger partial charge in [0.2, 0.25) is 21.8 Å². The molecule has 0 radical (unpaired) electrons. The van der Waals surface area contributed by atoms with E-state index in [2.05, 4.69) is 20.1 Å². The average molecular weight is 474 g/mol. The number of hydrogen-bond acceptors (Lipinski definition) is 6. The summed E-state index contributed by atoms with van der Waals surface area (Å²) in [6.07, 6.45) is 2.57. The molecule has 10 heteroatoms. The molecule has 2 aromatic carbocycles. The molecule has 0 spiro atoms. The van der Waals surface area contributed by atoms with Crippen molar-refractivity contribution in [1.82, 2.24) is 10.0 Å². The van der Waals surface area contributed by atoms with Crippen molar-refractivity contribution in [3.05, 3.63) is 59.7 Å². The highest BCUT2D eigenvalue weighted by atomic mass is 32.2. The Bertz CT molecular complexity index is 1090. The Morgan fingerprint density at radius 3 is 2.18 bits per heavy atom. The molecule has 0 aliphatic heterocycles. The number of benzene rings is 2. The smallest absolute Gasteiger partial charge is 0.325 e. The van der Waals surface area contributed by atoms with Crippen LogP contribution in [0.5, 0.6) is 0 Å². The topological polar surface area (TPSA) is 131 Å². The summed E-state index contributed by atoms with van der Waals surface area (Å²) in [7, 11) is -2.23. The number of sulfonamides is 1. The van der Waals surface area contributed by atoms with Crippen LogP contribution >= 0.6 is 0 Å². The van der Waals surface area contributed by atoms with E-state index in [0.717, 1.165) is 24.0 Å². The molecule has 0 saturated heterocycles. The minimum absolute atomic E-state index is 0.0520. The summed E-state index contributed by atoms with van der Waals surface area (Å²) in [5.74, 6) is -1.00. The van der Waals surface area contributed by atoms with E-state index in [1.54, 1.807) is 48.5 Å². The Balaban J connectivity index is 1.43. The molecule has 0 aromatic heterocycles. The standard InChI is InChI=1S/C23H27N3O6S/c1-32-23(29)15-24-22(28)14-17-2-7-18(8-3-17)25-21(27)13-6-16-4-11-20(12-5-16)33(30,31)26-19-9-10-19/h2-5,7-8,11-12,19,26H,6,9-10,13-15H2,1H3,(H,24,28)(H,25,27). The minimum atomic E-state index is -3.48. The molecule has 176 valence electrons. The predicted octanol–water partition coefficient (Wildman–Crippen LogP) is 1.53. The lowest BCUT2D eigenvalue weighted by atomic mass is 10.1. The molecule has 1 aliphatic rings. The summed E-state index contributed by atoms with van der Waals surface area (Å²) in [4.78, 5) is 35.3. The lowest BCUT2D eigenvalue weighted by Gasteiger charge is -2.08. The maximum absolute atomic E-state index is 12.3. The van der Waals surface area contributed by atoms with Crippen molar-refractivity contribution in [2.24, 2.45) is 0 Å². The second kappa shape index (κ2) is 11.1. The van der Waals surface area contributed by atoms with Gasteiger partial charge in [-0.2, -0.15) is 0 Å². The van der Waals surface area contributed by atoms with E-state index in [9.17, 15) is 22.8 Å². The zero-order chi connectivity index (χ0) is 23.8. The van der Waals surface area contributed by atoms with Gasteiger partial charge in [-0.3, -0.25) is 14.4 Å². The second-order valence-corrected chi connectivity index (χ2v) is 9.53. The van der Waals surface area contributed by atoms with Crippen LogP contribution in [0.2, 0.25) is 0 Å². The van der Waals surface area contributed by atoms with Crippen LogP contribution in [-0.4, -0.2) is 45.9 Å². The summed E-state index contributed by atoms with van der Waals surface area (Å²) in [5.41, 5.74) is 2.21. The lowest BCUT2D eigenvalue weighted by Crippen LogP contribution is -2.31. The van der Waals surface area contributed by atoms with Crippen molar-refractivity contribution in [2.75, 3.05) is 19.0 Å². The largest absolute Gasteiger partial charge is 0.468 e. The highest BCUT2D eigenvalue weighted by Gasteiger charge is 2.27. The number of esters is 1. The van der Waals surface area contributed by atoms with E-state index in [1.807, 2.05) is 0 Å². The van der Waals surface area contributed by atoms with Crippen molar-refractivity contribution in [1.29, 1.82) is 0 Å². The van der Waals surface area contributed by atoms with Gasteiger partial charge in [-0.25, -0.2) is 13.1 Å². The number of ether oxygens (including phenoxy) is 1. The van der Waals surface area contributed by atoms with Gasteiger partial charge >= 0.3 is 5.97 Å². The number of methoxy groups -OCH3 is 1. The summed E-state index contributed by atoms with van der Waals surface area (Å²) < 4.78 is 31.5. The first-order valence-electron chi connectivity index (χ1n) is 10.6. The molecule has 0 atom stereocenters. The van der Waals surface area contributed by atoms with E-state index in [1.165, 1.54) is 7.11 Å². The summed E-state index contributed by atoms with van der Waals surface area (Å²) >= 11 is 0. The Labute approximate surface area is 193 Å². The van der Waals surface area contributed by atoms with Crippen LogP contribution in [0.15, 0.2) is 53.4 Å². The molecule has 33 heavy (non-hydrogen) atoms. The van der Waals surface area contributed by atoms with Crippen LogP contribution < -0.4 is 15.4 Å². The first kappa shape index (κ1) is 24.4. The molecular weight excluding hydrogens is 446 g/mol. The lowest BCUT2D eigenvalue weighted by molar-refractivity contribution is -0.141. The van der Waals surface area contributed by atoms with E-state index in [4.69, 9.17) is 0 Å². The fraction of sp³-hybridized carbons (Fsp3) is 0.348. The molecule has 2 amide bonds. The monoisotopic (exact) mass is 473 g/mol. The number of nitrogens with one attached hydrogen (secondary N) is 3. The molecule has 3 N–H and O–H groups in total. The normalized spacial score (nSPS) is 13.2. The highest BCUT2D eigenvalue weighted by Crippen LogP contribution is 2.22. The van der Waals surface area contributed by atoms with Crippen molar-refractivity contribution in [3.63, 3.8) is 0 Å². The Kier molecular flexibility index (Phi) is 8.18. The number of hydrogen-bond donors (Lipinski definition) is 3. The zero-order valence-electron chi connectivity index (χ0n) is 18.3. The van der Waals surface area contributed by atoms with Crippen molar-refractivity contribution >= 4 is 33.5 Å². The van der Waals surface area contributed by atoms with Crippen LogP contribution in [0.1, 0.15) is 30.4 Å². The molecule has 1 aliphatic carbocycles. The van der Waals surface area contributed by atoms with E-state index in [0.29, 0.717) is 12.1 Å². The SMILES string of the molecule is COC(=O)CNC(=O)Cc1ccc(NC(=O)CCc2ccc(S(=O)(=O)NC3CC3)cc2)cc1. The fourth-order valence-electron chi connectivity index (χ4n) is 3.00. The van der Waals surface area contributed by atoms with E-state index >= 15 is 0 Å². The molecular formula is C23H27N3O6S. The number of carbonyl (C=O) groups is 3. The van der Waals surface area contributed by atoms with E-state index < -0.39 is 16.0 Å². The van der Waals surface area contributed by atoms with Gasteiger partial charge in [0.25, 0.3) is 0 Å². The molecule has 0 heterocycles. The molecule has 0 unspecified atom stereocenters. The van der Waals surface area contributed by atoms with Gasteiger partial charge in [0.15, 0.2) is 0 Å². The molecule has 3 rings (SSSR count). The predicted molar refractivity (Wildman–Crippen MR) is 122 cm³/mol. The summed E-state index contributed by atoms with van der Waals surface area (Å²) in [5, 5.41) is 5.26. The number of amides is 2. The third-order valence-electron chi connectivity index (χ3n) is 5.03. The molecule has 9 nitrogen and oxygen atoms in total. The Morgan fingerprint density at radius 1 is 0.939 bits per heavy atom. The van der Waals surface area contributed by atoms with Gasteiger partial charge in [0, 0.05) is 18.2 Å². The third-order valence-corrected chi connectivity index (χ3v) is 6.57. The Morgan fingerprint density at radius 2 is 1.58 bits per heavy atom. The molecule has 1 saturated carbocycles. The van der Waals surface area contributed by atoms with E-state index in [-0.39, 0.29) is 42.1 Å². The number of rotatable bonds is 11. The van der Waals surface area contributed by atoms with Crippen LogP contribution in [-0.2, 0) is 42.0 Å². The number of aryl methyl sites for hydroxylation is 1. The number of anilines is 1. The van der Waals surface area contributed by atoms with Gasteiger partial charge in [-0.15, -0.1) is 0 Å². The summed E-state index contributed by atoms with van der Waals surface area (Å²) in [6, 6.07) is 13.4. The average Bonchev–Trinajstić information content (AvgIpc) is 3.61. The fourth-order valence-corrected chi connectivity index (χ4v) is 4.31. The summed E-state index contributed by atoms with van der Waals surface area (Å²) in [6.45, 7) is -0.181. The first-order valence-corrected chi connectivity index (χ1v) is 12.1. The second-order valence-electron chi connectivity index (χ2n) is 7.81. The van der Waals surface area contributed by atoms with Crippen LogP contribution in [0.25, 0.3) is 0 Å². The molecule has 2 aromatic rings. The van der Waals surface area contributed by atoms with Gasteiger partial charge in [-0.1, -0.05) is 24.3 Å². The van der Waals surface area contributed by atoms with Crippen LogP contribution in [0.4, 0.5) is 5.69 Å². The zero-order valence-corrected chi connectivity index (χ0v) is 19.1. The quantitative estimate of drug-likeness (QED) is 0.424. The molecule has 0 bridgehead atoms. The third kappa shape index (κ3) is 7.99. The van der Waals surface area contributed by atoms with Gasteiger partial charge < -0.3 is 15.4 Å². The van der Waals surface area contributed by atoms with Crippen LogP contribution in [0.3, 0.4) is 0 Å². The Hall–Kier alpha value is -3.24.